The number of rotatable bonds is 5. The smallest absolute Gasteiger partial charge is 0.337 e. The van der Waals surface area contributed by atoms with Crippen LogP contribution >= 0.6 is 0 Å². The number of esters is 1. The van der Waals surface area contributed by atoms with E-state index in [1.54, 1.807) is 24.4 Å². The van der Waals surface area contributed by atoms with Gasteiger partial charge < -0.3 is 9.30 Å². The van der Waals surface area contributed by atoms with Crippen LogP contribution in [-0.2, 0) is 4.74 Å². The van der Waals surface area contributed by atoms with Gasteiger partial charge in [-0.1, -0.05) is 42.5 Å². The van der Waals surface area contributed by atoms with Gasteiger partial charge in [-0.05, 0) is 56.3 Å². The van der Waals surface area contributed by atoms with E-state index >= 15 is 0 Å². The van der Waals surface area contributed by atoms with Gasteiger partial charge in [-0.2, -0.15) is 9.78 Å². The van der Waals surface area contributed by atoms with Crippen molar-refractivity contribution < 1.29 is 9.53 Å². The summed E-state index contributed by atoms with van der Waals surface area (Å²) in [6.07, 6.45) is 1.69. The molecule has 0 saturated heterocycles. The molecule has 178 valence electrons. The maximum absolute atomic E-state index is 13.4. The minimum Gasteiger partial charge on any atom is -0.465 e. The normalized spacial score (nSPS) is 11.3. The first-order valence-corrected chi connectivity index (χ1v) is 11.5. The standard InChI is InChI=1S/C29H24N4O3/c1-19-17-23(20(2)32(19)24-15-13-22(14-16-24)29(35)36-3)18-30-33-27(21-9-5-4-6-10-21)31-26-12-8-7-11-25(26)28(33)34/h4-18H,1-3H3. The molecule has 7 nitrogen and oxygen atoms in total. The van der Waals surface area contributed by atoms with Gasteiger partial charge in [0.1, 0.15) is 0 Å². The molecule has 0 amide bonds. The predicted octanol–water partition coefficient (Wildman–Crippen LogP) is 5.14. The van der Waals surface area contributed by atoms with Crippen LogP contribution in [0.1, 0.15) is 27.3 Å². The Balaban J connectivity index is 1.59. The number of nitrogens with zero attached hydrogens (tertiary/aromatic N) is 4. The number of hydrogen-bond acceptors (Lipinski definition) is 5. The zero-order chi connectivity index (χ0) is 25.2. The van der Waals surface area contributed by atoms with Crippen molar-refractivity contribution in [2.75, 3.05) is 7.11 Å². The average molecular weight is 477 g/mol. The Morgan fingerprint density at radius 2 is 1.64 bits per heavy atom. The molecule has 0 aliphatic heterocycles. The van der Waals surface area contributed by atoms with Gasteiger partial charge in [0.2, 0.25) is 0 Å². The molecule has 0 radical (unpaired) electrons. The molecular formula is C29H24N4O3. The Morgan fingerprint density at radius 1 is 0.944 bits per heavy atom. The molecule has 5 rings (SSSR count). The number of aryl methyl sites for hydroxylation is 1. The molecule has 0 bridgehead atoms. The molecule has 0 spiro atoms. The van der Waals surface area contributed by atoms with Crippen LogP contribution < -0.4 is 5.56 Å². The third kappa shape index (κ3) is 4.11. The second-order valence-corrected chi connectivity index (χ2v) is 8.38. The molecule has 0 aliphatic rings. The molecule has 2 heterocycles. The zero-order valence-corrected chi connectivity index (χ0v) is 20.2. The first kappa shape index (κ1) is 23.0. The van der Waals surface area contributed by atoms with Crippen molar-refractivity contribution in [1.82, 2.24) is 14.2 Å². The van der Waals surface area contributed by atoms with Gasteiger partial charge in [0.05, 0.1) is 29.8 Å². The molecule has 0 atom stereocenters. The van der Waals surface area contributed by atoms with Crippen LogP contribution in [0.5, 0.6) is 0 Å². The number of benzene rings is 3. The summed E-state index contributed by atoms with van der Waals surface area (Å²) in [6, 6.07) is 26.1. The lowest BCUT2D eigenvalue weighted by Gasteiger charge is -2.10. The first-order chi connectivity index (χ1) is 17.5. The summed E-state index contributed by atoms with van der Waals surface area (Å²) in [4.78, 5) is 29.9. The maximum Gasteiger partial charge on any atom is 0.337 e. The topological polar surface area (TPSA) is 78.5 Å². The summed E-state index contributed by atoms with van der Waals surface area (Å²) < 4.78 is 8.22. The van der Waals surface area contributed by atoms with Gasteiger partial charge in [0.15, 0.2) is 5.82 Å². The minimum absolute atomic E-state index is 0.233. The molecule has 0 aliphatic carbocycles. The number of methoxy groups -OCH3 is 1. The van der Waals surface area contributed by atoms with Gasteiger partial charge in [0, 0.05) is 28.2 Å². The predicted molar refractivity (Wildman–Crippen MR) is 141 cm³/mol. The van der Waals surface area contributed by atoms with Gasteiger partial charge in [0.25, 0.3) is 5.56 Å². The van der Waals surface area contributed by atoms with Crippen molar-refractivity contribution in [1.29, 1.82) is 0 Å². The summed E-state index contributed by atoms with van der Waals surface area (Å²) in [7, 11) is 1.36. The summed E-state index contributed by atoms with van der Waals surface area (Å²) in [5, 5.41) is 5.11. The summed E-state index contributed by atoms with van der Waals surface area (Å²) in [5.41, 5.74) is 5.40. The van der Waals surface area contributed by atoms with Crippen LogP contribution in [0.3, 0.4) is 0 Å². The summed E-state index contributed by atoms with van der Waals surface area (Å²) in [5.74, 6) is 0.0988. The maximum atomic E-state index is 13.4. The largest absolute Gasteiger partial charge is 0.465 e. The van der Waals surface area contributed by atoms with E-state index in [2.05, 4.69) is 9.67 Å². The Hall–Kier alpha value is -4.78. The fraction of sp³-hybridized carbons (Fsp3) is 0.103. The molecule has 36 heavy (non-hydrogen) atoms. The molecule has 0 N–H and O–H groups in total. The van der Waals surface area contributed by atoms with Crippen LogP contribution in [0.15, 0.2) is 94.8 Å². The highest BCUT2D eigenvalue weighted by atomic mass is 16.5. The van der Waals surface area contributed by atoms with Crippen LogP contribution in [0.2, 0.25) is 0 Å². The highest BCUT2D eigenvalue weighted by Crippen LogP contribution is 2.22. The number of fused-ring (bicyclic) bond motifs is 1. The fourth-order valence-corrected chi connectivity index (χ4v) is 4.30. The third-order valence-corrected chi connectivity index (χ3v) is 6.11. The molecule has 5 aromatic rings. The number of hydrogen-bond donors (Lipinski definition) is 0. The summed E-state index contributed by atoms with van der Waals surface area (Å²) in [6.45, 7) is 3.99. The quantitative estimate of drug-likeness (QED) is 0.260. The Morgan fingerprint density at radius 3 is 2.36 bits per heavy atom. The number of para-hydroxylation sites is 1. The zero-order valence-electron chi connectivity index (χ0n) is 20.2. The SMILES string of the molecule is COC(=O)c1ccc(-n2c(C)cc(C=Nn3c(-c4ccccc4)nc4ccccc4c3=O)c2C)cc1. The van der Waals surface area contributed by atoms with E-state index in [4.69, 9.17) is 9.72 Å². The van der Waals surface area contributed by atoms with E-state index in [9.17, 15) is 9.59 Å². The number of aromatic nitrogens is 3. The fourth-order valence-electron chi connectivity index (χ4n) is 4.30. The van der Waals surface area contributed by atoms with E-state index in [1.807, 2.05) is 80.6 Å². The van der Waals surface area contributed by atoms with Gasteiger partial charge in [-0.15, -0.1) is 0 Å². The van der Waals surface area contributed by atoms with Gasteiger partial charge >= 0.3 is 5.97 Å². The van der Waals surface area contributed by atoms with E-state index in [-0.39, 0.29) is 11.5 Å². The van der Waals surface area contributed by atoms with E-state index in [0.29, 0.717) is 22.3 Å². The molecule has 3 aromatic carbocycles. The Labute approximate surface area is 207 Å². The lowest BCUT2D eigenvalue weighted by molar-refractivity contribution is 0.0600. The van der Waals surface area contributed by atoms with Crippen LogP contribution in [-0.4, -0.2) is 33.5 Å². The van der Waals surface area contributed by atoms with Crippen molar-refractivity contribution >= 4 is 23.1 Å². The van der Waals surface area contributed by atoms with Crippen molar-refractivity contribution in [2.24, 2.45) is 5.10 Å². The van der Waals surface area contributed by atoms with Gasteiger partial charge in [-0.3, -0.25) is 4.79 Å². The van der Waals surface area contributed by atoms with Crippen LogP contribution in [0.4, 0.5) is 0 Å². The Bertz CT molecular complexity index is 1660. The number of carbonyl (C=O) groups excluding carboxylic acids is 1. The molecule has 0 saturated carbocycles. The van der Waals surface area contributed by atoms with Crippen molar-refractivity contribution in [3.63, 3.8) is 0 Å². The van der Waals surface area contributed by atoms with Crippen molar-refractivity contribution in [3.8, 4) is 17.1 Å². The van der Waals surface area contributed by atoms with Crippen LogP contribution in [0, 0.1) is 13.8 Å². The third-order valence-electron chi connectivity index (χ3n) is 6.11. The first-order valence-electron chi connectivity index (χ1n) is 11.5. The molecule has 0 fully saturated rings. The van der Waals surface area contributed by atoms with Crippen molar-refractivity contribution in [2.45, 2.75) is 13.8 Å². The van der Waals surface area contributed by atoms with Crippen LogP contribution in [0.25, 0.3) is 28.0 Å². The number of carbonyl (C=O) groups is 1. The number of ether oxygens (including phenoxy) is 1. The molecule has 7 heteroatoms. The van der Waals surface area contributed by atoms with Crippen molar-refractivity contribution in [3.05, 3.63) is 118 Å². The minimum atomic E-state index is -0.376. The molecule has 2 aromatic heterocycles. The van der Waals surface area contributed by atoms with Gasteiger partial charge in [-0.25, -0.2) is 9.78 Å². The second-order valence-electron chi connectivity index (χ2n) is 8.38. The molecular weight excluding hydrogens is 452 g/mol. The highest BCUT2D eigenvalue weighted by Gasteiger charge is 2.14. The summed E-state index contributed by atoms with van der Waals surface area (Å²) >= 11 is 0. The second kappa shape index (κ2) is 9.46. The Kier molecular flexibility index (Phi) is 6.04. The van der Waals surface area contributed by atoms with E-state index in [0.717, 1.165) is 28.2 Å². The lowest BCUT2D eigenvalue weighted by Crippen LogP contribution is -2.20. The average Bonchev–Trinajstić information content (AvgIpc) is 3.20. The highest BCUT2D eigenvalue weighted by molar-refractivity contribution is 5.89. The molecule has 0 unspecified atom stereocenters. The lowest BCUT2D eigenvalue weighted by atomic mass is 10.2. The van der Waals surface area contributed by atoms with E-state index < -0.39 is 0 Å². The van der Waals surface area contributed by atoms with E-state index in [1.165, 1.54) is 11.8 Å². The monoisotopic (exact) mass is 476 g/mol.